The molecule has 2 rings (SSSR count). The van der Waals surface area contributed by atoms with Gasteiger partial charge in [0.25, 0.3) is 0 Å². The molecule has 2 heteroatoms. The second-order valence-corrected chi connectivity index (χ2v) is 5.50. The van der Waals surface area contributed by atoms with Gasteiger partial charge in [0.15, 0.2) is 0 Å². The third kappa shape index (κ3) is 3.56. The first-order chi connectivity index (χ1) is 8.83. The van der Waals surface area contributed by atoms with Crippen LogP contribution in [0, 0.1) is 5.92 Å². The van der Waals surface area contributed by atoms with Crippen molar-refractivity contribution < 1.29 is 0 Å². The number of rotatable bonds is 5. The normalized spacial score (nSPS) is 19.9. The van der Waals surface area contributed by atoms with Gasteiger partial charge in [-0.15, -0.1) is 0 Å². The van der Waals surface area contributed by atoms with E-state index in [4.69, 9.17) is 5.73 Å². The van der Waals surface area contributed by atoms with Crippen LogP contribution in [0.2, 0.25) is 0 Å². The number of hydrogen-bond donors (Lipinski definition) is 1. The highest BCUT2D eigenvalue weighted by molar-refractivity contribution is 5.20. The number of benzene rings is 1. The van der Waals surface area contributed by atoms with Gasteiger partial charge in [-0.3, -0.25) is 0 Å². The molecule has 0 spiro atoms. The van der Waals surface area contributed by atoms with Crippen LogP contribution in [0.5, 0.6) is 0 Å². The molecule has 1 atom stereocenters. The number of nitrogens with two attached hydrogens (primary N) is 1. The van der Waals surface area contributed by atoms with Crippen molar-refractivity contribution >= 4 is 0 Å². The molecule has 1 fully saturated rings. The van der Waals surface area contributed by atoms with Crippen LogP contribution in [0.25, 0.3) is 0 Å². The minimum absolute atomic E-state index is 0.490. The lowest BCUT2D eigenvalue weighted by Crippen LogP contribution is -2.38. The van der Waals surface area contributed by atoms with Gasteiger partial charge in [0.05, 0.1) is 0 Å². The van der Waals surface area contributed by atoms with E-state index in [0.717, 1.165) is 19.0 Å². The SMILES string of the molecule is CCC1CCN(CC(CN)c2ccccc2)CC1. The third-order valence-corrected chi connectivity index (χ3v) is 4.32. The zero-order valence-electron chi connectivity index (χ0n) is 11.5. The van der Waals surface area contributed by atoms with Gasteiger partial charge in [0, 0.05) is 19.0 Å². The van der Waals surface area contributed by atoms with Crippen LogP contribution in [0.3, 0.4) is 0 Å². The molecule has 0 amide bonds. The van der Waals surface area contributed by atoms with E-state index < -0.39 is 0 Å². The minimum atomic E-state index is 0.490. The second kappa shape index (κ2) is 6.91. The standard InChI is InChI=1S/C16H26N2/c1-2-14-8-10-18(11-9-14)13-16(12-17)15-6-4-3-5-7-15/h3-7,14,16H,2,8-13,17H2,1H3. The monoisotopic (exact) mass is 246 g/mol. The van der Waals surface area contributed by atoms with Crippen molar-refractivity contribution in [2.45, 2.75) is 32.1 Å². The van der Waals surface area contributed by atoms with Crippen molar-refractivity contribution in [1.29, 1.82) is 0 Å². The maximum absolute atomic E-state index is 5.95. The molecule has 0 aromatic heterocycles. The predicted octanol–water partition coefficient (Wildman–Crippen LogP) is 2.85. The van der Waals surface area contributed by atoms with E-state index >= 15 is 0 Å². The minimum Gasteiger partial charge on any atom is -0.330 e. The number of nitrogens with zero attached hydrogens (tertiary/aromatic N) is 1. The first-order valence-electron chi connectivity index (χ1n) is 7.30. The van der Waals surface area contributed by atoms with Crippen molar-refractivity contribution in [2.75, 3.05) is 26.2 Å². The summed E-state index contributed by atoms with van der Waals surface area (Å²) in [7, 11) is 0. The van der Waals surface area contributed by atoms with Crippen LogP contribution in [0.4, 0.5) is 0 Å². The van der Waals surface area contributed by atoms with Crippen LogP contribution < -0.4 is 5.73 Å². The van der Waals surface area contributed by atoms with Crippen LogP contribution >= 0.6 is 0 Å². The molecular weight excluding hydrogens is 220 g/mol. The Hall–Kier alpha value is -0.860. The van der Waals surface area contributed by atoms with E-state index in [2.05, 4.69) is 42.2 Å². The molecule has 1 unspecified atom stereocenters. The summed E-state index contributed by atoms with van der Waals surface area (Å²) in [6.07, 6.45) is 4.07. The maximum atomic E-state index is 5.95. The zero-order chi connectivity index (χ0) is 12.8. The summed E-state index contributed by atoms with van der Waals surface area (Å²) < 4.78 is 0. The summed E-state index contributed by atoms with van der Waals surface area (Å²) in [6, 6.07) is 10.7. The molecule has 0 saturated carbocycles. The molecule has 0 bridgehead atoms. The molecule has 1 aromatic rings. The first kappa shape index (κ1) is 13.6. The molecular formula is C16H26N2. The van der Waals surface area contributed by atoms with Crippen molar-refractivity contribution in [1.82, 2.24) is 4.90 Å². The smallest absolute Gasteiger partial charge is 0.00888 e. The first-order valence-corrected chi connectivity index (χ1v) is 7.30. The number of piperidine rings is 1. The third-order valence-electron chi connectivity index (χ3n) is 4.32. The van der Waals surface area contributed by atoms with E-state index in [1.165, 1.54) is 37.9 Å². The highest BCUT2D eigenvalue weighted by Crippen LogP contribution is 2.23. The highest BCUT2D eigenvalue weighted by Gasteiger charge is 2.20. The molecule has 100 valence electrons. The van der Waals surface area contributed by atoms with Gasteiger partial charge in [-0.05, 0) is 37.4 Å². The summed E-state index contributed by atoms with van der Waals surface area (Å²) in [5, 5.41) is 0. The lowest BCUT2D eigenvalue weighted by atomic mass is 9.92. The molecule has 1 aliphatic heterocycles. The quantitative estimate of drug-likeness (QED) is 0.865. The summed E-state index contributed by atoms with van der Waals surface area (Å²) in [4.78, 5) is 2.59. The number of likely N-dealkylation sites (tertiary alicyclic amines) is 1. The fourth-order valence-corrected chi connectivity index (χ4v) is 2.93. The summed E-state index contributed by atoms with van der Waals surface area (Å²) in [5.41, 5.74) is 7.34. The molecule has 1 aliphatic rings. The Morgan fingerprint density at radius 2 is 1.89 bits per heavy atom. The van der Waals surface area contributed by atoms with Crippen LogP contribution in [0.1, 0.15) is 37.7 Å². The summed E-state index contributed by atoms with van der Waals surface area (Å²) >= 11 is 0. The Balaban J connectivity index is 1.88. The Morgan fingerprint density at radius 1 is 1.22 bits per heavy atom. The van der Waals surface area contributed by atoms with Gasteiger partial charge in [-0.2, -0.15) is 0 Å². The molecule has 0 radical (unpaired) electrons. The van der Waals surface area contributed by atoms with E-state index in [1.54, 1.807) is 0 Å². The van der Waals surface area contributed by atoms with Gasteiger partial charge in [-0.1, -0.05) is 43.7 Å². The Kier molecular flexibility index (Phi) is 5.21. The predicted molar refractivity (Wildman–Crippen MR) is 77.7 cm³/mol. The van der Waals surface area contributed by atoms with Crippen molar-refractivity contribution in [3.8, 4) is 0 Å². The van der Waals surface area contributed by atoms with E-state index in [-0.39, 0.29) is 0 Å². The van der Waals surface area contributed by atoms with Gasteiger partial charge in [-0.25, -0.2) is 0 Å². The van der Waals surface area contributed by atoms with Gasteiger partial charge >= 0.3 is 0 Å². The average molecular weight is 246 g/mol. The molecule has 1 saturated heterocycles. The highest BCUT2D eigenvalue weighted by atomic mass is 15.1. The molecule has 18 heavy (non-hydrogen) atoms. The molecule has 0 aliphatic carbocycles. The molecule has 2 N–H and O–H groups in total. The van der Waals surface area contributed by atoms with Crippen molar-refractivity contribution in [3.05, 3.63) is 35.9 Å². The van der Waals surface area contributed by atoms with E-state index in [9.17, 15) is 0 Å². The van der Waals surface area contributed by atoms with E-state index in [0.29, 0.717) is 5.92 Å². The van der Waals surface area contributed by atoms with Gasteiger partial charge in [0.2, 0.25) is 0 Å². The number of hydrogen-bond acceptors (Lipinski definition) is 2. The van der Waals surface area contributed by atoms with Crippen molar-refractivity contribution in [2.24, 2.45) is 11.7 Å². The van der Waals surface area contributed by atoms with Crippen LogP contribution in [-0.4, -0.2) is 31.1 Å². The second-order valence-electron chi connectivity index (χ2n) is 5.50. The largest absolute Gasteiger partial charge is 0.330 e. The summed E-state index contributed by atoms with van der Waals surface area (Å²) in [6.45, 7) is 6.69. The van der Waals surface area contributed by atoms with Crippen molar-refractivity contribution in [3.63, 3.8) is 0 Å². The van der Waals surface area contributed by atoms with E-state index in [1.807, 2.05) is 0 Å². The van der Waals surface area contributed by atoms with Crippen LogP contribution in [-0.2, 0) is 0 Å². The fourth-order valence-electron chi connectivity index (χ4n) is 2.93. The Morgan fingerprint density at radius 3 is 2.44 bits per heavy atom. The summed E-state index contributed by atoms with van der Waals surface area (Å²) in [5.74, 6) is 1.44. The molecule has 1 aromatic carbocycles. The lowest BCUT2D eigenvalue weighted by Gasteiger charge is -2.33. The maximum Gasteiger partial charge on any atom is 0.00888 e. The Bertz CT molecular complexity index is 328. The zero-order valence-corrected chi connectivity index (χ0v) is 11.5. The topological polar surface area (TPSA) is 29.3 Å². The molecule has 2 nitrogen and oxygen atoms in total. The Labute approximate surface area is 111 Å². The lowest BCUT2D eigenvalue weighted by molar-refractivity contribution is 0.173. The van der Waals surface area contributed by atoms with Gasteiger partial charge in [0.1, 0.15) is 0 Å². The average Bonchev–Trinajstić information content (AvgIpc) is 2.46. The molecule has 1 heterocycles. The van der Waals surface area contributed by atoms with Crippen LogP contribution in [0.15, 0.2) is 30.3 Å². The fraction of sp³-hybridized carbons (Fsp3) is 0.625. The van der Waals surface area contributed by atoms with Gasteiger partial charge < -0.3 is 10.6 Å².